The lowest BCUT2D eigenvalue weighted by molar-refractivity contribution is -0.159. The minimum Gasteiger partial charge on any atom is -0.495 e. The minimum absolute atomic E-state index is 0.0175. The number of piperazine rings is 1. The molecule has 0 aromatic heterocycles. The van der Waals surface area contributed by atoms with Gasteiger partial charge in [-0.1, -0.05) is 36.1 Å². The van der Waals surface area contributed by atoms with Crippen molar-refractivity contribution in [3.05, 3.63) is 59.7 Å². The highest BCUT2D eigenvalue weighted by atomic mass is 16.5. The number of ether oxygens (including phenoxy) is 1. The Morgan fingerprint density at radius 2 is 1.94 bits per heavy atom. The van der Waals surface area contributed by atoms with Crippen LogP contribution in [0.2, 0.25) is 0 Å². The number of rotatable bonds is 4. The van der Waals surface area contributed by atoms with Crippen molar-refractivity contribution in [1.29, 1.82) is 0 Å². The molecule has 0 spiro atoms. The first-order valence-electron chi connectivity index (χ1n) is 11.3. The Hall–Kier alpha value is -3.50. The van der Waals surface area contributed by atoms with Gasteiger partial charge in [0.1, 0.15) is 12.3 Å². The molecule has 0 bridgehead atoms. The zero-order valence-corrected chi connectivity index (χ0v) is 18.5. The van der Waals surface area contributed by atoms with E-state index in [1.165, 1.54) is 17.7 Å². The first-order valence-corrected chi connectivity index (χ1v) is 11.3. The number of hydrogen-bond acceptors (Lipinski definition) is 4. The Kier molecular flexibility index (Phi) is 5.69. The molecule has 3 fully saturated rings. The predicted octanol–water partition coefficient (Wildman–Crippen LogP) is 2.66. The molecule has 1 saturated carbocycles. The van der Waals surface area contributed by atoms with E-state index in [1.54, 1.807) is 24.1 Å². The monoisotopic (exact) mass is 445 g/mol. The number of para-hydroxylation sites is 2. The maximum Gasteiger partial charge on any atom is 0.322 e. The van der Waals surface area contributed by atoms with Crippen LogP contribution in [-0.4, -0.2) is 65.7 Å². The molecular formula is C26H27N3O4. The highest BCUT2D eigenvalue weighted by Gasteiger charge is 2.54. The average Bonchev–Trinajstić information content (AvgIpc) is 3.64. The van der Waals surface area contributed by atoms with Crippen molar-refractivity contribution in [3.63, 3.8) is 0 Å². The number of fused-ring (bicyclic) bond motifs is 1. The Bertz CT molecular complexity index is 1120. The minimum atomic E-state index is -0.343. The summed E-state index contributed by atoms with van der Waals surface area (Å²) in [5.41, 5.74) is 2.58. The molecule has 3 atom stereocenters. The summed E-state index contributed by atoms with van der Waals surface area (Å²) in [6, 6.07) is 14.4. The van der Waals surface area contributed by atoms with Crippen molar-refractivity contribution in [2.75, 3.05) is 32.1 Å². The molecule has 0 radical (unpaired) electrons. The highest BCUT2D eigenvalue weighted by molar-refractivity contribution is 5.94. The number of urea groups is 1. The molecular weight excluding hydrogens is 418 g/mol. The largest absolute Gasteiger partial charge is 0.495 e. The normalized spacial score (nSPS) is 23.7. The van der Waals surface area contributed by atoms with Crippen LogP contribution in [0.5, 0.6) is 5.75 Å². The van der Waals surface area contributed by atoms with Gasteiger partial charge < -0.3 is 25.0 Å². The SMILES string of the molecule is COc1ccccc1NC(=O)N1CC(=O)N2[C@H](C1)[C@H](c1ccc(C#CC3CC3)cc1)[C@@H]2CO. The van der Waals surface area contributed by atoms with Gasteiger partial charge in [0, 0.05) is 23.9 Å². The van der Waals surface area contributed by atoms with Crippen LogP contribution in [-0.2, 0) is 4.79 Å². The molecule has 3 aliphatic rings. The van der Waals surface area contributed by atoms with E-state index in [4.69, 9.17) is 4.74 Å². The lowest BCUT2D eigenvalue weighted by Crippen LogP contribution is -2.73. The fraction of sp³-hybridized carbons (Fsp3) is 0.385. The van der Waals surface area contributed by atoms with Crippen LogP contribution in [0.3, 0.4) is 0 Å². The number of nitrogens with zero attached hydrogens (tertiary/aromatic N) is 2. The van der Waals surface area contributed by atoms with Crippen molar-refractivity contribution in [3.8, 4) is 17.6 Å². The van der Waals surface area contributed by atoms with Crippen molar-refractivity contribution >= 4 is 17.6 Å². The fourth-order valence-electron chi connectivity index (χ4n) is 4.80. The number of hydrogen-bond donors (Lipinski definition) is 2. The van der Waals surface area contributed by atoms with Crippen LogP contribution in [0.25, 0.3) is 0 Å². The summed E-state index contributed by atoms with van der Waals surface area (Å²) in [6.07, 6.45) is 2.38. The third-order valence-corrected chi connectivity index (χ3v) is 6.68. The van der Waals surface area contributed by atoms with E-state index >= 15 is 0 Å². The van der Waals surface area contributed by atoms with Gasteiger partial charge in [0.15, 0.2) is 0 Å². The molecule has 2 saturated heterocycles. The molecule has 170 valence electrons. The number of anilines is 1. The third-order valence-electron chi connectivity index (χ3n) is 6.68. The smallest absolute Gasteiger partial charge is 0.322 e. The van der Waals surface area contributed by atoms with Gasteiger partial charge in [0.25, 0.3) is 0 Å². The molecule has 2 heterocycles. The molecule has 7 heteroatoms. The number of methoxy groups -OCH3 is 1. The van der Waals surface area contributed by atoms with Crippen LogP contribution >= 0.6 is 0 Å². The number of carbonyl (C=O) groups excluding carboxylic acids is 2. The summed E-state index contributed by atoms with van der Waals surface area (Å²) in [5, 5.41) is 12.8. The number of aliphatic hydroxyl groups is 1. The molecule has 33 heavy (non-hydrogen) atoms. The van der Waals surface area contributed by atoms with Gasteiger partial charge in [-0.2, -0.15) is 0 Å². The van der Waals surface area contributed by atoms with Gasteiger partial charge in [-0.05, 0) is 42.7 Å². The predicted molar refractivity (Wildman–Crippen MR) is 124 cm³/mol. The third kappa shape index (κ3) is 4.14. The second-order valence-corrected chi connectivity index (χ2v) is 8.82. The van der Waals surface area contributed by atoms with Gasteiger partial charge in [0.05, 0.1) is 31.5 Å². The van der Waals surface area contributed by atoms with E-state index < -0.39 is 0 Å². The van der Waals surface area contributed by atoms with E-state index in [1.807, 2.05) is 36.4 Å². The summed E-state index contributed by atoms with van der Waals surface area (Å²) in [7, 11) is 1.55. The van der Waals surface area contributed by atoms with Crippen LogP contribution in [0.1, 0.15) is 29.9 Å². The molecule has 5 rings (SSSR count). The number of aliphatic hydroxyl groups excluding tert-OH is 1. The number of nitrogens with one attached hydrogen (secondary N) is 1. The van der Waals surface area contributed by atoms with E-state index in [0.717, 1.165) is 11.1 Å². The van der Waals surface area contributed by atoms with Crippen molar-refractivity contribution < 1.29 is 19.4 Å². The molecule has 3 amide bonds. The maximum atomic E-state index is 13.0. The van der Waals surface area contributed by atoms with Crippen LogP contribution in [0.15, 0.2) is 48.5 Å². The topological polar surface area (TPSA) is 82.1 Å². The van der Waals surface area contributed by atoms with Gasteiger partial charge in [-0.25, -0.2) is 4.79 Å². The second-order valence-electron chi connectivity index (χ2n) is 8.82. The second kappa shape index (κ2) is 8.80. The van der Waals surface area contributed by atoms with Gasteiger partial charge in [0.2, 0.25) is 5.91 Å². The molecule has 1 aliphatic carbocycles. The fourth-order valence-corrected chi connectivity index (χ4v) is 4.80. The summed E-state index contributed by atoms with van der Waals surface area (Å²) in [4.78, 5) is 29.1. The lowest BCUT2D eigenvalue weighted by atomic mass is 9.73. The van der Waals surface area contributed by atoms with Gasteiger partial charge in [-0.3, -0.25) is 4.79 Å². The maximum absolute atomic E-state index is 13.0. The van der Waals surface area contributed by atoms with Crippen molar-refractivity contribution in [1.82, 2.24) is 9.80 Å². The Morgan fingerprint density at radius 1 is 1.18 bits per heavy atom. The Balaban J connectivity index is 1.31. The lowest BCUT2D eigenvalue weighted by Gasteiger charge is -2.58. The summed E-state index contributed by atoms with van der Waals surface area (Å²) >= 11 is 0. The van der Waals surface area contributed by atoms with E-state index in [2.05, 4.69) is 17.2 Å². The summed E-state index contributed by atoms with van der Waals surface area (Å²) < 4.78 is 5.31. The van der Waals surface area contributed by atoms with Crippen LogP contribution in [0, 0.1) is 17.8 Å². The van der Waals surface area contributed by atoms with Crippen molar-refractivity contribution in [2.24, 2.45) is 5.92 Å². The number of benzene rings is 2. The van der Waals surface area contributed by atoms with Crippen LogP contribution in [0.4, 0.5) is 10.5 Å². The first-order chi connectivity index (χ1) is 16.1. The molecule has 2 N–H and O–H groups in total. The summed E-state index contributed by atoms with van der Waals surface area (Å²) in [5.74, 6) is 7.40. The molecule has 7 nitrogen and oxygen atoms in total. The van der Waals surface area contributed by atoms with Gasteiger partial charge >= 0.3 is 6.03 Å². The standard InChI is InChI=1S/C26H27N3O4/c1-33-23-5-3-2-4-20(23)27-26(32)28-14-21-25(22(16-30)29(21)24(31)15-28)19-12-10-18(11-13-19)9-8-17-6-7-17/h2-5,10-13,17,21-22,25,30H,6-7,14-16H2,1H3,(H,27,32)/t21-,22+,25+/m1/s1. The highest BCUT2D eigenvalue weighted by Crippen LogP contribution is 2.43. The van der Waals surface area contributed by atoms with Crippen molar-refractivity contribution in [2.45, 2.75) is 30.8 Å². The van der Waals surface area contributed by atoms with E-state index in [9.17, 15) is 14.7 Å². The Labute approximate surface area is 193 Å². The molecule has 2 aliphatic heterocycles. The van der Waals surface area contributed by atoms with E-state index in [-0.39, 0.29) is 43.1 Å². The number of carbonyl (C=O) groups is 2. The molecule has 0 unspecified atom stereocenters. The quantitative estimate of drug-likeness (QED) is 0.709. The first kappa shape index (κ1) is 21.4. The summed E-state index contributed by atoms with van der Waals surface area (Å²) in [6.45, 7) is 0.275. The Morgan fingerprint density at radius 3 is 2.64 bits per heavy atom. The van der Waals surface area contributed by atoms with Crippen LogP contribution < -0.4 is 10.1 Å². The zero-order chi connectivity index (χ0) is 22.9. The average molecular weight is 446 g/mol. The molecule has 2 aromatic rings. The zero-order valence-electron chi connectivity index (χ0n) is 18.5. The van der Waals surface area contributed by atoms with E-state index in [0.29, 0.717) is 23.9 Å². The number of amides is 3. The van der Waals surface area contributed by atoms with Gasteiger partial charge in [-0.15, -0.1) is 0 Å². The molecule has 2 aromatic carbocycles.